The number of ether oxygens (including phenoxy) is 3. The normalized spacial score (nSPS) is 19.4. The zero-order chi connectivity index (χ0) is 28.2. The average molecular weight is 549 g/mol. The standard InChI is InChI=1S/C29H32N4O7/c1-18-14-33(29(37)31-28(18)36)16-27(35)32-11-10-23-22(15-32)30-26(34)9-7-19-6-8-24(38-2)25(13-19)40-21-5-3-4-20(12-21)17-39-23/h3-6,8,12-14,22-23H,7,9-11,15-17H2,1-2H3,(H,30,34)(H,31,36,37)/t22-,23+/m0/s1. The van der Waals surface area contributed by atoms with Crippen molar-refractivity contribution in [1.29, 1.82) is 0 Å². The Labute approximate surface area is 230 Å². The number of nitrogens with one attached hydrogen (secondary N) is 2. The largest absolute Gasteiger partial charge is 0.493 e. The molecule has 2 atom stereocenters. The molecule has 0 aliphatic carbocycles. The van der Waals surface area contributed by atoms with Crippen molar-refractivity contribution in [2.75, 3.05) is 20.2 Å². The fraction of sp³-hybridized carbons (Fsp3) is 0.379. The number of piperidine rings is 1. The molecule has 210 valence electrons. The highest BCUT2D eigenvalue weighted by Crippen LogP contribution is 2.33. The minimum absolute atomic E-state index is 0.158. The molecule has 1 aromatic heterocycles. The number of fused-ring (bicyclic) bond motifs is 5. The average Bonchev–Trinajstić information content (AvgIpc) is 2.94. The third-order valence-electron chi connectivity index (χ3n) is 7.20. The summed E-state index contributed by atoms with van der Waals surface area (Å²) in [5, 5.41) is 3.07. The molecule has 1 fully saturated rings. The molecule has 0 unspecified atom stereocenters. The number of methoxy groups -OCH3 is 1. The molecule has 0 spiro atoms. The number of H-pyrrole nitrogens is 1. The Bertz CT molecular complexity index is 1530. The Kier molecular flexibility index (Phi) is 8.01. The van der Waals surface area contributed by atoms with E-state index in [-0.39, 0.29) is 37.4 Å². The molecule has 2 aromatic carbocycles. The van der Waals surface area contributed by atoms with Crippen LogP contribution in [-0.4, -0.2) is 58.6 Å². The number of aromatic amines is 1. The molecule has 3 aromatic rings. The minimum atomic E-state index is -0.641. The van der Waals surface area contributed by atoms with E-state index in [4.69, 9.17) is 14.2 Å². The molecular formula is C29H32N4O7. The van der Waals surface area contributed by atoms with Gasteiger partial charge in [0.25, 0.3) is 5.56 Å². The topological polar surface area (TPSA) is 132 Å². The van der Waals surface area contributed by atoms with Crippen LogP contribution in [0.15, 0.2) is 58.3 Å². The molecule has 3 heterocycles. The Morgan fingerprint density at radius 3 is 2.77 bits per heavy atom. The Hall–Kier alpha value is -4.38. The van der Waals surface area contributed by atoms with Crippen molar-refractivity contribution >= 4 is 11.8 Å². The van der Waals surface area contributed by atoms with E-state index < -0.39 is 17.3 Å². The number of carbonyl (C=O) groups excluding carboxylic acids is 2. The van der Waals surface area contributed by atoms with Crippen LogP contribution in [0.25, 0.3) is 0 Å². The van der Waals surface area contributed by atoms with Crippen LogP contribution in [-0.2, 0) is 33.9 Å². The van der Waals surface area contributed by atoms with Crippen molar-refractivity contribution in [1.82, 2.24) is 19.8 Å². The number of likely N-dealkylation sites (tertiary alicyclic amines) is 1. The molecular weight excluding hydrogens is 516 g/mol. The Morgan fingerprint density at radius 2 is 1.95 bits per heavy atom. The molecule has 2 aliphatic rings. The zero-order valence-electron chi connectivity index (χ0n) is 22.5. The van der Waals surface area contributed by atoms with Crippen molar-refractivity contribution in [2.24, 2.45) is 0 Å². The lowest BCUT2D eigenvalue weighted by Gasteiger charge is -2.39. The third-order valence-corrected chi connectivity index (χ3v) is 7.20. The lowest BCUT2D eigenvalue weighted by atomic mass is 10.0. The summed E-state index contributed by atoms with van der Waals surface area (Å²) in [6.07, 6.45) is 2.29. The van der Waals surface area contributed by atoms with E-state index in [1.807, 2.05) is 42.5 Å². The summed E-state index contributed by atoms with van der Waals surface area (Å²) >= 11 is 0. The van der Waals surface area contributed by atoms with Crippen LogP contribution >= 0.6 is 0 Å². The first-order valence-electron chi connectivity index (χ1n) is 13.2. The maximum atomic E-state index is 13.1. The van der Waals surface area contributed by atoms with Gasteiger partial charge in [0.05, 0.1) is 25.9 Å². The smallest absolute Gasteiger partial charge is 0.328 e. The van der Waals surface area contributed by atoms with Crippen molar-refractivity contribution < 1.29 is 23.8 Å². The van der Waals surface area contributed by atoms with Crippen molar-refractivity contribution in [3.05, 3.63) is 86.2 Å². The molecule has 0 saturated carbocycles. The van der Waals surface area contributed by atoms with Gasteiger partial charge in [0, 0.05) is 31.3 Å². The van der Waals surface area contributed by atoms with Gasteiger partial charge in [-0.05, 0) is 55.2 Å². The summed E-state index contributed by atoms with van der Waals surface area (Å²) < 4.78 is 19.0. The summed E-state index contributed by atoms with van der Waals surface area (Å²) in [4.78, 5) is 53.9. The van der Waals surface area contributed by atoms with Gasteiger partial charge in [0.2, 0.25) is 11.8 Å². The van der Waals surface area contributed by atoms with Gasteiger partial charge in [-0.2, -0.15) is 0 Å². The maximum absolute atomic E-state index is 13.1. The van der Waals surface area contributed by atoms with Gasteiger partial charge in [0.1, 0.15) is 12.3 Å². The molecule has 2 aliphatic heterocycles. The summed E-state index contributed by atoms with van der Waals surface area (Å²) in [7, 11) is 1.58. The summed E-state index contributed by atoms with van der Waals surface area (Å²) in [6, 6.07) is 12.8. The molecule has 11 nitrogen and oxygen atoms in total. The van der Waals surface area contributed by atoms with E-state index >= 15 is 0 Å². The summed E-state index contributed by atoms with van der Waals surface area (Å²) in [6.45, 7) is 2.30. The highest BCUT2D eigenvalue weighted by Gasteiger charge is 2.33. The molecule has 5 rings (SSSR count). The fourth-order valence-corrected chi connectivity index (χ4v) is 5.00. The van der Waals surface area contributed by atoms with Gasteiger partial charge in [-0.3, -0.25) is 23.9 Å². The number of benzene rings is 2. The van der Waals surface area contributed by atoms with Crippen LogP contribution in [0.1, 0.15) is 29.5 Å². The van der Waals surface area contributed by atoms with E-state index in [2.05, 4.69) is 10.3 Å². The van der Waals surface area contributed by atoms with Gasteiger partial charge < -0.3 is 24.4 Å². The van der Waals surface area contributed by atoms with Gasteiger partial charge in [-0.25, -0.2) is 4.79 Å². The van der Waals surface area contributed by atoms with Gasteiger partial charge in [0.15, 0.2) is 11.5 Å². The van der Waals surface area contributed by atoms with E-state index in [0.717, 1.165) is 11.1 Å². The molecule has 2 amide bonds. The quantitative estimate of drug-likeness (QED) is 0.511. The lowest BCUT2D eigenvalue weighted by Crippen LogP contribution is -2.57. The first-order valence-corrected chi connectivity index (χ1v) is 13.2. The van der Waals surface area contributed by atoms with Crippen LogP contribution in [0, 0.1) is 6.92 Å². The van der Waals surface area contributed by atoms with Gasteiger partial charge >= 0.3 is 5.69 Å². The number of nitrogens with zero attached hydrogens (tertiary/aromatic N) is 2. The van der Waals surface area contributed by atoms with Crippen LogP contribution in [0.5, 0.6) is 17.2 Å². The molecule has 11 heteroatoms. The van der Waals surface area contributed by atoms with Crippen molar-refractivity contribution in [3.63, 3.8) is 0 Å². The number of hydrogen-bond acceptors (Lipinski definition) is 7. The highest BCUT2D eigenvalue weighted by atomic mass is 16.5. The predicted octanol–water partition coefficient (Wildman–Crippen LogP) is 1.89. The molecule has 1 saturated heterocycles. The lowest BCUT2D eigenvalue weighted by molar-refractivity contribution is -0.138. The minimum Gasteiger partial charge on any atom is -0.493 e. The summed E-state index contributed by atoms with van der Waals surface area (Å²) in [5.41, 5.74) is 1.04. The van der Waals surface area contributed by atoms with E-state index in [9.17, 15) is 19.2 Å². The van der Waals surface area contributed by atoms with Crippen molar-refractivity contribution in [3.8, 4) is 17.2 Å². The SMILES string of the molecule is COc1ccc2cc1Oc1cccc(c1)CO[C@@H]1CCN(C(=O)Cn3cc(C)c(=O)[nH]c3=O)C[C@@H]1NC(=O)CC2. The number of amides is 2. The monoisotopic (exact) mass is 548 g/mol. The summed E-state index contributed by atoms with van der Waals surface area (Å²) in [5.74, 6) is 1.36. The predicted molar refractivity (Wildman–Crippen MR) is 146 cm³/mol. The maximum Gasteiger partial charge on any atom is 0.328 e. The molecule has 4 bridgehead atoms. The molecule has 40 heavy (non-hydrogen) atoms. The zero-order valence-corrected chi connectivity index (χ0v) is 22.5. The third kappa shape index (κ3) is 6.26. The van der Waals surface area contributed by atoms with Crippen LogP contribution < -0.4 is 26.0 Å². The number of carbonyl (C=O) groups is 2. The van der Waals surface area contributed by atoms with Crippen LogP contribution in [0.2, 0.25) is 0 Å². The van der Waals surface area contributed by atoms with E-state index in [0.29, 0.717) is 48.8 Å². The van der Waals surface area contributed by atoms with Crippen LogP contribution in [0.3, 0.4) is 0 Å². The number of hydrogen-bond donors (Lipinski definition) is 2. The van der Waals surface area contributed by atoms with Gasteiger partial charge in [-0.1, -0.05) is 18.2 Å². The van der Waals surface area contributed by atoms with Crippen LogP contribution in [0.4, 0.5) is 0 Å². The highest BCUT2D eigenvalue weighted by molar-refractivity contribution is 5.78. The second-order valence-electron chi connectivity index (χ2n) is 10.1. The fourth-order valence-electron chi connectivity index (χ4n) is 5.00. The van der Waals surface area contributed by atoms with Crippen molar-refractivity contribution in [2.45, 2.75) is 51.5 Å². The van der Waals surface area contributed by atoms with Gasteiger partial charge in [-0.15, -0.1) is 0 Å². The number of aryl methyl sites for hydroxylation is 2. The van der Waals surface area contributed by atoms with E-state index in [1.54, 1.807) is 18.9 Å². The Morgan fingerprint density at radius 1 is 1.10 bits per heavy atom. The molecule has 2 N–H and O–H groups in total. The second kappa shape index (κ2) is 11.8. The molecule has 0 radical (unpaired) electrons. The Balaban J connectivity index is 1.35. The second-order valence-corrected chi connectivity index (χ2v) is 10.1. The van der Waals surface area contributed by atoms with E-state index in [1.165, 1.54) is 10.8 Å². The number of aromatic nitrogens is 2. The first kappa shape index (κ1) is 27.2. The first-order chi connectivity index (χ1) is 19.3. The number of rotatable bonds is 3.